The number of nitrogens with one attached hydrogen (secondary N) is 4. The van der Waals surface area contributed by atoms with Gasteiger partial charge in [-0.2, -0.15) is 0 Å². The van der Waals surface area contributed by atoms with Crippen LogP contribution in [0, 0.1) is 17.1 Å². The fourth-order valence-electron chi connectivity index (χ4n) is 7.54. The molecule has 0 bridgehead atoms. The van der Waals surface area contributed by atoms with Gasteiger partial charge in [0.25, 0.3) is 0 Å². The molecule has 0 aromatic heterocycles. The van der Waals surface area contributed by atoms with Crippen molar-refractivity contribution in [3.05, 3.63) is 106 Å². The van der Waals surface area contributed by atoms with Crippen LogP contribution in [0.25, 0.3) is 22.3 Å². The molecule has 1 heterocycles. The third kappa shape index (κ3) is 9.17. The van der Waals surface area contributed by atoms with Gasteiger partial charge < -0.3 is 31.0 Å². The van der Waals surface area contributed by atoms with Gasteiger partial charge in [0.05, 0.1) is 12.1 Å². The van der Waals surface area contributed by atoms with E-state index in [1.165, 1.54) is 38.3 Å². The summed E-state index contributed by atoms with van der Waals surface area (Å²) in [4.78, 5) is 13.7. The molecule has 1 atom stereocenters. The number of halogens is 2. The largest absolute Gasteiger partial charge is 0.496 e. The molecule has 1 saturated heterocycles. The first kappa shape index (κ1) is 36.5. The minimum absolute atomic E-state index is 0.126. The zero-order valence-corrected chi connectivity index (χ0v) is 30.4. The van der Waals surface area contributed by atoms with Crippen LogP contribution < -0.4 is 20.7 Å². The minimum Gasteiger partial charge on any atom is -0.496 e. The van der Waals surface area contributed by atoms with E-state index in [1.807, 2.05) is 36.4 Å². The van der Waals surface area contributed by atoms with Crippen molar-refractivity contribution < 1.29 is 13.9 Å². The maximum absolute atomic E-state index is 15.5. The summed E-state index contributed by atoms with van der Waals surface area (Å²) in [6.45, 7) is 3.33. The monoisotopic (exact) mass is 709 g/mol. The Balaban J connectivity index is 1.14. The Hall–Kier alpha value is -4.24. The van der Waals surface area contributed by atoms with Crippen LogP contribution in [0.1, 0.15) is 67.2 Å². The first-order valence-corrected chi connectivity index (χ1v) is 18.5. The van der Waals surface area contributed by atoms with Crippen LogP contribution >= 0.6 is 11.6 Å². The second kappa shape index (κ2) is 17.3. The van der Waals surface area contributed by atoms with E-state index in [1.54, 1.807) is 19.2 Å². The molecule has 4 aromatic rings. The van der Waals surface area contributed by atoms with Crippen molar-refractivity contribution in [2.24, 2.45) is 5.92 Å². The number of methoxy groups -OCH3 is 1. The summed E-state index contributed by atoms with van der Waals surface area (Å²) in [5.41, 5.74) is 7.39. The van der Waals surface area contributed by atoms with Crippen LogP contribution in [0.3, 0.4) is 0 Å². The number of ether oxygens (including phenoxy) is 1. The third-order valence-corrected chi connectivity index (χ3v) is 10.7. The first-order chi connectivity index (χ1) is 24.8. The van der Waals surface area contributed by atoms with Crippen LogP contribution in [0.2, 0.25) is 5.02 Å². The summed E-state index contributed by atoms with van der Waals surface area (Å²) in [5.74, 6) is 1.23. The highest BCUT2D eigenvalue weighted by molar-refractivity contribution is 6.36. The summed E-state index contributed by atoms with van der Waals surface area (Å²) in [6, 6.07) is 23.6. The molecular formula is C42H49ClFN5O2. The molecule has 2 aliphatic rings. The van der Waals surface area contributed by atoms with Gasteiger partial charge in [-0.05, 0) is 67.1 Å². The quantitative estimate of drug-likeness (QED) is 0.0927. The lowest BCUT2D eigenvalue weighted by atomic mass is 9.89. The maximum atomic E-state index is 15.5. The van der Waals surface area contributed by atoms with Crippen LogP contribution in [-0.2, 0) is 24.4 Å². The summed E-state index contributed by atoms with van der Waals surface area (Å²) in [5, 5.41) is 18.8. The van der Waals surface area contributed by atoms with E-state index >= 15 is 4.39 Å². The van der Waals surface area contributed by atoms with Crippen molar-refractivity contribution in [1.29, 1.82) is 5.41 Å². The van der Waals surface area contributed by atoms with E-state index in [4.69, 9.17) is 21.7 Å². The Kier molecular flexibility index (Phi) is 12.4. The SMILES string of the molecule is COc1cc(CNc2cccc(-c3cccc(-c4ccc(CNCC5CCC(=O)N5)cc4)c3Cl)c2C=N)c(F)cc1CN(C)CC1CCCCC1. The molecule has 9 heteroatoms. The van der Waals surface area contributed by atoms with Crippen molar-refractivity contribution >= 4 is 29.4 Å². The van der Waals surface area contributed by atoms with Crippen molar-refractivity contribution in [2.75, 3.05) is 32.6 Å². The van der Waals surface area contributed by atoms with E-state index in [9.17, 15) is 4.79 Å². The molecule has 1 aliphatic carbocycles. The molecule has 1 aliphatic heterocycles. The number of amides is 1. The lowest BCUT2D eigenvalue weighted by Gasteiger charge is -2.27. The fourth-order valence-corrected chi connectivity index (χ4v) is 7.87. The highest BCUT2D eigenvalue weighted by atomic mass is 35.5. The molecule has 0 spiro atoms. The highest BCUT2D eigenvalue weighted by Crippen LogP contribution is 2.39. The number of benzene rings is 4. The molecule has 4 N–H and O–H groups in total. The average molecular weight is 710 g/mol. The average Bonchev–Trinajstić information content (AvgIpc) is 3.56. The lowest BCUT2D eigenvalue weighted by molar-refractivity contribution is -0.119. The van der Waals surface area contributed by atoms with E-state index in [-0.39, 0.29) is 24.3 Å². The van der Waals surface area contributed by atoms with Crippen molar-refractivity contribution in [3.8, 4) is 28.0 Å². The molecule has 6 rings (SSSR count). The fraction of sp³-hybridized carbons (Fsp3) is 0.381. The second-order valence-electron chi connectivity index (χ2n) is 14.0. The number of carbonyl (C=O) groups is 1. The van der Waals surface area contributed by atoms with E-state index in [0.717, 1.165) is 52.9 Å². The summed E-state index contributed by atoms with van der Waals surface area (Å²) in [7, 11) is 3.74. The highest BCUT2D eigenvalue weighted by Gasteiger charge is 2.21. The number of rotatable bonds is 15. The number of anilines is 1. The predicted octanol–water partition coefficient (Wildman–Crippen LogP) is 8.81. The van der Waals surface area contributed by atoms with Crippen LogP contribution in [0.5, 0.6) is 5.75 Å². The predicted molar refractivity (Wildman–Crippen MR) is 206 cm³/mol. The van der Waals surface area contributed by atoms with Crippen molar-refractivity contribution in [2.45, 2.75) is 70.6 Å². The van der Waals surface area contributed by atoms with Gasteiger partial charge in [0.2, 0.25) is 5.91 Å². The molecule has 268 valence electrons. The van der Waals surface area contributed by atoms with Gasteiger partial charge in [-0.1, -0.05) is 85.5 Å². The molecule has 1 unspecified atom stereocenters. The number of carbonyl (C=O) groups excluding carboxylic acids is 1. The summed E-state index contributed by atoms with van der Waals surface area (Å²) in [6.07, 6.45) is 9.28. The van der Waals surface area contributed by atoms with Gasteiger partial charge in [0.15, 0.2) is 0 Å². The summed E-state index contributed by atoms with van der Waals surface area (Å²) >= 11 is 7.09. The standard InChI is InChI=1S/C42H49ClFN5O2/c1-49(26-29-8-4-3-5-9-29)27-32-20-38(44)31(21-40(32)51-2)24-47-39-13-7-11-35(37(39)22-45)36-12-6-10-34(42(36)43)30-16-14-28(15-17-30)23-46-25-33-18-19-41(50)48-33/h6-7,10-17,20-22,29,33,45-47H,3-5,8-9,18-19,23-27H2,1-2H3,(H,48,50). The van der Waals surface area contributed by atoms with Crippen molar-refractivity contribution in [1.82, 2.24) is 15.5 Å². The zero-order valence-electron chi connectivity index (χ0n) is 29.7. The molecule has 4 aromatic carbocycles. The van der Waals surface area contributed by atoms with Crippen molar-refractivity contribution in [3.63, 3.8) is 0 Å². The smallest absolute Gasteiger partial charge is 0.220 e. The van der Waals surface area contributed by atoms with Crippen LogP contribution in [0.15, 0.2) is 72.8 Å². The number of nitrogens with zero attached hydrogens (tertiary/aromatic N) is 1. The molecule has 2 fully saturated rings. The third-order valence-electron chi connectivity index (χ3n) is 10.3. The molecule has 1 saturated carbocycles. The normalized spacial score (nSPS) is 16.3. The topological polar surface area (TPSA) is 89.5 Å². The minimum atomic E-state index is -0.281. The molecule has 7 nitrogen and oxygen atoms in total. The van der Waals surface area contributed by atoms with Gasteiger partial charge >= 0.3 is 0 Å². The number of hydrogen-bond acceptors (Lipinski definition) is 6. The molecule has 0 radical (unpaired) electrons. The molecular weight excluding hydrogens is 661 g/mol. The van der Waals surface area contributed by atoms with Gasteiger partial charge in [0, 0.05) is 84.9 Å². The Morgan fingerprint density at radius 3 is 2.43 bits per heavy atom. The zero-order chi connectivity index (χ0) is 35.7. The van der Waals surface area contributed by atoms with Gasteiger partial charge in [0.1, 0.15) is 11.6 Å². The Bertz CT molecular complexity index is 1830. The first-order valence-electron chi connectivity index (χ1n) is 18.1. The van der Waals surface area contributed by atoms with E-state index < -0.39 is 0 Å². The maximum Gasteiger partial charge on any atom is 0.220 e. The van der Waals surface area contributed by atoms with Gasteiger partial charge in [-0.3, -0.25) is 4.79 Å². The Labute approximate surface area is 306 Å². The van der Waals surface area contributed by atoms with E-state index in [0.29, 0.717) is 53.0 Å². The molecule has 51 heavy (non-hydrogen) atoms. The van der Waals surface area contributed by atoms with Crippen LogP contribution in [0.4, 0.5) is 10.1 Å². The van der Waals surface area contributed by atoms with E-state index in [2.05, 4.69) is 52.2 Å². The summed E-state index contributed by atoms with van der Waals surface area (Å²) < 4.78 is 21.3. The van der Waals surface area contributed by atoms with Crippen LogP contribution in [-0.4, -0.2) is 50.3 Å². The molecule has 1 amide bonds. The second-order valence-corrected chi connectivity index (χ2v) is 14.4. The Morgan fingerprint density at radius 1 is 0.961 bits per heavy atom. The Morgan fingerprint density at radius 2 is 1.71 bits per heavy atom. The lowest BCUT2D eigenvalue weighted by Crippen LogP contribution is -2.35. The van der Waals surface area contributed by atoms with Gasteiger partial charge in [-0.15, -0.1) is 0 Å². The van der Waals surface area contributed by atoms with Gasteiger partial charge in [-0.25, -0.2) is 4.39 Å². The number of hydrogen-bond donors (Lipinski definition) is 4.